The fourth-order valence-electron chi connectivity index (χ4n) is 2.73. The first-order valence-electron chi connectivity index (χ1n) is 7.43. The summed E-state index contributed by atoms with van der Waals surface area (Å²) in [7, 11) is 4.54. The number of aryl methyl sites for hydroxylation is 1. The van der Waals surface area contributed by atoms with Crippen LogP contribution in [0.25, 0.3) is 11.0 Å². The first-order valence-corrected chi connectivity index (χ1v) is 7.43. The highest BCUT2D eigenvalue weighted by Gasteiger charge is 2.22. The Morgan fingerprint density at radius 1 is 0.958 bits per heavy atom. The van der Waals surface area contributed by atoms with Crippen molar-refractivity contribution in [2.24, 2.45) is 0 Å². The van der Waals surface area contributed by atoms with E-state index < -0.39 is 0 Å². The molecule has 124 valence electrons. The molecule has 0 amide bonds. The summed E-state index contributed by atoms with van der Waals surface area (Å²) in [5, 5.41) is 0.924. The molecule has 1 aromatic heterocycles. The number of methoxy groups -OCH3 is 3. The highest BCUT2D eigenvalue weighted by Crippen LogP contribution is 2.39. The Labute approximate surface area is 139 Å². The summed E-state index contributed by atoms with van der Waals surface area (Å²) in [5.74, 6) is 1.37. The second kappa shape index (κ2) is 6.28. The van der Waals surface area contributed by atoms with Crippen LogP contribution in [0.2, 0.25) is 0 Å². The number of ketones is 1. The number of benzene rings is 2. The minimum absolute atomic E-state index is 0.233. The van der Waals surface area contributed by atoms with Crippen molar-refractivity contribution >= 4 is 16.8 Å². The molecule has 24 heavy (non-hydrogen) atoms. The largest absolute Gasteiger partial charge is 0.493 e. The average Bonchev–Trinajstić information content (AvgIpc) is 2.96. The summed E-state index contributed by atoms with van der Waals surface area (Å²) in [4.78, 5) is 12.9. The van der Waals surface area contributed by atoms with Gasteiger partial charge in [0.15, 0.2) is 17.3 Å². The molecule has 0 saturated heterocycles. The molecule has 0 atom stereocenters. The van der Waals surface area contributed by atoms with Gasteiger partial charge in [0.05, 0.1) is 21.3 Å². The van der Waals surface area contributed by atoms with Gasteiger partial charge in [-0.25, -0.2) is 0 Å². The summed E-state index contributed by atoms with van der Waals surface area (Å²) in [6.45, 7) is 1.87. The fourth-order valence-corrected chi connectivity index (χ4v) is 2.73. The smallest absolute Gasteiger partial charge is 0.228 e. The van der Waals surface area contributed by atoms with E-state index in [1.54, 1.807) is 12.1 Å². The summed E-state index contributed by atoms with van der Waals surface area (Å²) < 4.78 is 21.7. The van der Waals surface area contributed by atoms with Crippen molar-refractivity contribution < 1.29 is 23.4 Å². The lowest BCUT2D eigenvalue weighted by molar-refractivity contribution is 0.101. The lowest BCUT2D eigenvalue weighted by Gasteiger charge is -2.13. The Kier molecular flexibility index (Phi) is 4.16. The maximum atomic E-state index is 12.9. The standard InChI is InChI=1S/C19H18O5/c1-11-13-7-5-6-8-14(13)24-18(11)17(20)12-9-15(21-2)19(23-4)16(10-12)22-3/h5-10H,1-4H3. The zero-order valence-corrected chi connectivity index (χ0v) is 14.0. The van der Waals surface area contributed by atoms with Crippen molar-refractivity contribution in [1.82, 2.24) is 0 Å². The van der Waals surface area contributed by atoms with Crippen LogP contribution < -0.4 is 14.2 Å². The number of hydrogen-bond donors (Lipinski definition) is 0. The van der Waals surface area contributed by atoms with Gasteiger partial charge in [-0.1, -0.05) is 18.2 Å². The van der Waals surface area contributed by atoms with Crippen molar-refractivity contribution in [2.45, 2.75) is 6.92 Å². The minimum atomic E-state index is -0.233. The van der Waals surface area contributed by atoms with Crippen molar-refractivity contribution in [1.29, 1.82) is 0 Å². The molecule has 0 bridgehead atoms. The highest BCUT2D eigenvalue weighted by atomic mass is 16.5. The van der Waals surface area contributed by atoms with Crippen LogP contribution in [0.15, 0.2) is 40.8 Å². The third kappa shape index (κ3) is 2.48. The molecule has 0 saturated carbocycles. The first-order chi connectivity index (χ1) is 11.6. The van der Waals surface area contributed by atoms with E-state index in [-0.39, 0.29) is 5.78 Å². The van der Waals surface area contributed by atoms with E-state index >= 15 is 0 Å². The minimum Gasteiger partial charge on any atom is -0.493 e. The van der Waals surface area contributed by atoms with Crippen molar-refractivity contribution in [3.05, 3.63) is 53.3 Å². The Morgan fingerprint density at radius 3 is 2.12 bits per heavy atom. The predicted molar refractivity (Wildman–Crippen MR) is 90.5 cm³/mol. The SMILES string of the molecule is COc1cc(C(=O)c2oc3ccccc3c2C)cc(OC)c1OC. The molecule has 0 N–H and O–H groups in total. The molecule has 0 unspecified atom stereocenters. The molecule has 5 heteroatoms. The molecule has 0 aliphatic carbocycles. The molecule has 0 aliphatic rings. The third-order valence-corrected chi connectivity index (χ3v) is 3.98. The van der Waals surface area contributed by atoms with E-state index in [1.165, 1.54) is 21.3 Å². The van der Waals surface area contributed by atoms with E-state index in [0.29, 0.717) is 34.2 Å². The van der Waals surface area contributed by atoms with Crippen molar-refractivity contribution in [3.63, 3.8) is 0 Å². The summed E-state index contributed by atoms with van der Waals surface area (Å²) >= 11 is 0. The van der Waals surface area contributed by atoms with Crippen LogP contribution in [0.1, 0.15) is 21.7 Å². The molecule has 1 heterocycles. The Balaban J connectivity index is 2.13. The second-order valence-corrected chi connectivity index (χ2v) is 5.30. The lowest BCUT2D eigenvalue weighted by atomic mass is 10.0. The number of carbonyl (C=O) groups is 1. The Hall–Kier alpha value is -2.95. The normalized spacial score (nSPS) is 10.7. The van der Waals surface area contributed by atoms with Gasteiger partial charge in [-0.2, -0.15) is 0 Å². The summed E-state index contributed by atoms with van der Waals surface area (Å²) in [6.07, 6.45) is 0. The molecular weight excluding hydrogens is 308 g/mol. The van der Waals surface area contributed by atoms with Crippen molar-refractivity contribution in [3.8, 4) is 17.2 Å². The third-order valence-electron chi connectivity index (χ3n) is 3.98. The van der Waals surface area contributed by atoms with Gasteiger partial charge >= 0.3 is 0 Å². The zero-order valence-electron chi connectivity index (χ0n) is 14.0. The second-order valence-electron chi connectivity index (χ2n) is 5.30. The van der Waals surface area contributed by atoms with Gasteiger partial charge in [0.1, 0.15) is 5.58 Å². The number of hydrogen-bond acceptors (Lipinski definition) is 5. The molecule has 0 fully saturated rings. The maximum Gasteiger partial charge on any atom is 0.228 e. The molecule has 0 spiro atoms. The van der Waals surface area contributed by atoms with Crippen LogP contribution in [0.3, 0.4) is 0 Å². The number of ether oxygens (including phenoxy) is 3. The quantitative estimate of drug-likeness (QED) is 0.663. The van der Waals surface area contributed by atoms with E-state index in [1.807, 2.05) is 31.2 Å². The number of rotatable bonds is 5. The van der Waals surface area contributed by atoms with E-state index in [0.717, 1.165) is 10.9 Å². The van der Waals surface area contributed by atoms with Crippen LogP contribution in [-0.4, -0.2) is 27.1 Å². The fraction of sp³-hybridized carbons (Fsp3) is 0.211. The molecule has 2 aromatic carbocycles. The number of furan rings is 1. The van der Waals surface area contributed by atoms with Gasteiger partial charge in [-0.05, 0) is 25.1 Å². The van der Waals surface area contributed by atoms with Crippen molar-refractivity contribution in [2.75, 3.05) is 21.3 Å². The van der Waals surface area contributed by atoms with Crippen LogP contribution >= 0.6 is 0 Å². The van der Waals surface area contributed by atoms with E-state index in [4.69, 9.17) is 18.6 Å². The first kappa shape index (κ1) is 15.9. The maximum absolute atomic E-state index is 12.9. The molecule has 3 aromatic rings. The number of para-hydroxylation sites is 1. The highest BCUT2D eigenvalue weighted by molar-refractivity contribution is 6.11. The van der Waals surface area contributed by atoms with E-state index in [9.17, 15) is 4.79 Å². The summed E-state index contributed by atoms with van der Waals surface area (Å²) in [5.41, 5.74) is 1.90. The van der Waals surface area contributed by atoms with Gasteiger partial charge < -0.3 is 18.6 Å². The van der Waals surface area contributed by atoms with Gasteiger partial charge in [-0.15, -0.1) is 0 Å². The Bertz CT molecular complexity index is 882. The Morgan fingerprint density at radius 2 is 1.58 bits per heavy atom. The molecular formula is C19H18O5. The van der Waals surface area contributed by atoms with Gasteiger partial charge in [0.25, 0.3) is 0 Å². The molecule has 5 nitrogen and oxygen atoms in total. The van der Waals surface area contributed by atoms with Gasteiger partial charge in [0.2, 0.25) is 11.5 Å². The number of carbonyl (C=O) groups excluding carboxylic acids is 1. The lowest BCUT2D eigenvalue weighted by Crippen LogP contribution is -2.04. The predicted octanol–water partition coefficient (Wildman–Crippen LogP) is 4.00. The van der Waals surface area contributed by atoms with Crippen LogP contribution in [0.4, 0.5) is 0 Å². The number of fused-ring (bicyclic) bond motifs is 1. The summed E-state index contributed by atoms with van der Waals surface area (Å²) in [6, 6.07) is 10.8. The van der Waals surface area contributed by atoms with Gasteiger partial charge in [-0.3, -0.25) is 4.79 Å². The van der Waals surface area contributed by atoms with Crippen LogP contribution in [-0.2, 0) is 0 Å². The van der Waals surface area contributed by atoms with E-state index in [2.05, 4.69) is 0 Å². The van der Waals surface area contributed by atoms with Crippen LogP contribution in [0, 0.1) is 6.92 Å². The topological polar surface area (TPSA) is 57.9 Å². The molecule has 0 aliphatic heterocycles. The molecule has 0 radical (unpaired) electrons. The molecule has 3 rings (SSSR count). The van der Waals surface area contributed by atoms with Crippen LogP contribution in [0.5, 0.6) is 17.2 Å². The zero-order chi connectivity index (χ0) is 17.3. The monoisotopic (exact) mass is 326 g/mol. The van der Waals surface area contributed by atoms with Gasteiger partial charge in [0, 0.05) is 16.5 Å². The average molecular weight is 326 g/mol.